The van der Waals surface area contributed by atoms with Crippen LogP contribution >= 0.6 is 0 Å². The number of amides is 1. The molecule has 4 rings (SSSR count). The van der Waals surface area contributed by atoms with E-state index in [9.17, 15) is 14.4 Å². The summed E-state index contributed by atoms with van der Waals surface area (Å²) in [6.07, 6.45) is 1.72. The molecule has 1 aliphatic heterocycles. The molecule has 1 aromatic heterocycles. The van der Waals surface area contributed by atoms with E-state index in [1.165, 1.54) is 10.6 Å². The van der Waals surface area contributed by atoms with Gasteiger partial charge in [0.15, 0.2) is 0 Å². The van der Waals surface area contributed by atoms with Crippen LogP contribution < -0.4 is 0 Å². The highest BCUT2D eigenvalue weighted by Gasteiger charge is 2.36. The lowest BCUT2D eigenvalue weighted by Gasteiger charge is -2.39. The molecule has 1 fully saturated rings. The fourth-order valence-corrected chi connectivity index (χ4v) is 5.80. The van der Waals surface area contributed by atoms with E-state index in [1.54, 1.807) is 57.0 Å². The van der Waals surface area contributed by atoms with Crippen molar-refractivity contribution in [3.8, 4) is 0 Å². The fourth-order valence-electron chi connectivity index (χ4n) is 5.80. The van der Waals surface area contributed by atoms with Gasteiger partial charge in [0.25, 0.3) is 0 Å². The van der Waals surface area contributed by atoms with Gasteiger partial charge >= 0.3 is 18.2 Å². The number of carbonyl (C=O) groups is 3. The monoisotopic (exact) mass is 622 g/mol. The smallest absolute Gasteiger partial charge is 0.419 e. The lowest BCUT2D eigenvalue weighted by Crippen LogP contribution is -2.45. The third-order valence-corrected chi connectivity index (χ3v) is 7.65. The molecule has 8 nitrogen and oxygen atoms in total. The number of benzene rings is 2. The standard InChI is InChI=1S/C36H47FN2O6/c1-22-19-29(37)27(26-16-18-39(30(22)26)33(42)45-36(8,9)10)20-25-15-17-38(32(41)44-35(5,6)7)21-28(25)23-11-13-24(14-12-23)31(40)43-34(2,3)4/h11-14,16,18-19,25,28H,15,17,20-21H2,1-10H3/t25-,28-/m0/s1. The van der Waals surface area contributed by atoms with E-state index in [2.05, 4.69) is 0 Å². The maximum atomic E-state index is 15.8. The predicted octanol–water partition coefficient (Wildman–Crippen LogP) is 8.41. The molecule has 0 radical (unpaired) electrons. The molecule has 0 bridgehead atoms. The van der Waals surface area contributed by atoms with Gasteiger partial charge in [-0.05, 0) is 129 Å². The van der Waals surface area contributed by atoms with Crippen LogP contribution in [-0.2, 0) is 20.6 Å². The third kappa shape index (κ3) is 8.44. The number of aromatic nitrogens is 1. The molecule has 9 heteroatoms. The number of rotatable bonds is 4. The average molecular weight is 623 g/mol. The van der Waals surface area contributed by atoms with Crippen LogP contribution in [0, 0.1) is 18.7 Å². The van der Waals surface area contributed by atoms with Gasteiger partial charge in [-0.3, -0.25) is 4.57 Å². The predicted molar refractivity (Wildman–Crippen MR) is 172 cm³/mol. The Morgan fingerprint density at radius 3 is 2.00 bits per heavy atom. The summed E-state index contributed by atoms with van der Waals surface area (Å²) in [6, 6.07) is 10.5. The van der Waals surface area contributed by atoms with Crippen molar-refractivity contribution in [2.75, 3.05) is 13.1 Å². The van der Waals surface area contributed by atoms with E-state index in [0.717, 1.165) is 5.56 Å². The minimum atomic E-state index is -0.682. The maximum Gasteiger partial charge on any atom is 0.419 e. The Kier molecular flexibility index (Phi) is 9.44. The number of fused-ring (bicyclic) bond motifs is 1. The van der Waals surface area contributed by atoms with Crippen molar-refractivity contribution < 1.29 is 33.0 Å². The first-order chi connectivity index (χ1) is 20.7. The first-order valence-corrected chi connectivity index (χ1v) is 15.6. The van der Waals surface area contributed by atoms with Crippen molar-refractivity contribution in [1.29, 1.82) is 0 Å². The van der Waals surface area contributed by atoms with Gasteiger partial charge < -0.3 is 19.1 Å². The zero-order valence-electron chi connectivity index (χ0n) is 28.2. The Bertz CT molecular complexity index is 1570. The number of nitrogens with zero attached hydrogens (tertiary/aromatic N) is 2. The van der Waals surface area contributed by atoms with Gasteiger partial charge in [-0.1, -0.05) is 12.1 Å². The number of aryl methyl sites for hydroxylation is 1. The van der Waals surface area contributed by atoms with Crippen LogP contribution in [0.25, 0.3) is 10.9 Å². The molecule has 0 aliphatic carbocycles. The molecule has 0 N–H and O–H groups in total. The van der Waals surface area contributed by atoms with Crippen molar-refractivity contribution >= 4 is 29.1 Å². The molecule has 2 heterocycles. The van der Waals surface area contributed by atoms with Crippen LogP contribution in [0.1, 0.15) is 102 Å². The largest absolute Gasteiger partial charge is 0.456 e. The van der Waals surface area contributed by atoms with E-state index in [-0.39, 0.29) is 17.7 Å². The summed E-state index contributed by atoms with van der Waals surface area (Å²) < 4.78 is 34.0. The number of hydrogen-bond acceptors (Lipinski definition) is 6. The zero-order chi connectivity index (χ0) is 33.5. The second-order valence-electron chi connectivity index (χ2n) is 15.0. The normalized spacial score (nSPS) is 17.7. The Labute approximate surface area is 265 Å². The molecule has 45 heavy (non-hydrogen) atoms. The van der Waals surface area contributed by atoms with Crippen molar-refractivity contribution in [3.63, 3.8) is 0 Å². The molecule has 3 aromatic rings. The minimum absolute atomic E-state index is 0.0404. The number of carbonyl (C=O) groups excluding carboxylic acids is 3. The fraction of sp³-hybridized carbons (Fsp3) is 0.528. The van der Waals surface area contributed by atoms with Crippen molar-refractivity contribution in [2.24, 2.45) is 5.92 Å². The van der Waals surface area contributed by atoms with Gasteiger partial charge in [-0.15, -0.1) is 0 Å². The SMILES string of the molecule is Cc1cc(F)c(C[C@@H]2CCN(C(=O)OC(C)(C)C)C[C@H]2c2ccc(C(=O)OC(C)(C)C)cc2)c2ccn(C(=O)OC(C)(C)C)c12. The molecule has 0 spiro atoms. The quantitative estimate of drug-likeness (QED) is 0.215. The van der Waals surface area contributed by atoms with E-state index in [1.807, 2.05) is 53.7 Å². The van der Waals surface area contributed by atoms with Crippen LogP contribution in [0.15, 0.2) is 42.6 Å². The summed E-state index contributed by atoms with van der Waals surface area (Å²) in [7, 11) is 0. The number of hydrogen-bond donors (Lipinski definition) is 0. The highest BCUT2D eigenvalue weighted by molar-refractivity contribution is 5.94. The van der Waals surface area contributed by atoms with Crippen LogP contribution in [0.5, 0.6) is 0 Å². The van der Waals surface area contributed by atoms with Crippen molar-refractivity contribution in [3.05, 3.63) is 70.7 Å². The molecule has 1 amide bonds. The van der Waals surface area contributed by atoms with Gasteiger partial charge in [0.2, 0.25) is 0 Å². The first-order valence-electron chi connectivity index (χ1n) is 15.6. The van der Waals surface area contributed by atoms with E-state index in [0.29, 0.717) is 53.5 Å². The number of halogens is 1. The van der Waals surface area contributed by atoms with Gasteiger partial charge in [-0.25, -0.2) is 18.8 Å². The molecule has 1 aliphatic rings. The molecule has 0 unspecified atom stereocenters. The summed E-state index contributed by atoms with van der Waals surface area (Å²) in [5, 5.41) is 0.659. The van der Waals surface area contributed by atoms with Crippen LogP contribution in [0.2, 0.25) is 0 Å². The van der Waals surface area contributed by atoms with E-state index in [4.69, 9.17) is 14.2 Å². The highest BCUT2D eigenvalue weighted by Crippen LogP contribution is 2.38. The lowest BCUT2D eigenvalue weighted by atomic mass is 9.77. The number of ether oxygens (including phenoxy) is 3. The van der Waals surface area contributed by atoms with E-state index >= 15 is 4.39 Å². The summed E-state index contributed by atoms with van der Waals surface area (Å²) in [5.74, 6) is -0.956. The van der Waals surface area contributed by atoms with Crippen molar-refractivity contribution in [1.82, 2.24) is 9.47 Å². The average Bonchev–Trinajstić information content (AvgIpc) is 3.34. The second kappa shape index (κ2) is 12.5. The molecule has 244 valence electrons. The van der Waals surface area contributed by atoms with Crippen LogP contribution in [0.3, 0.4) is 0 Å². The van der Waals surface area contributed by atoms with Crippen molar-refractivity contribution in [2.45, 2.75) is 105 Å². The summed E-state index contributed by atoms with van der Waals surface area (Å²) in [4.78, 5) is 40.5. The topological polar surface area (TPSA) is 87.1 Å². The summed E-state index contributed by atoms with van der Waals surface area (Å²) >= 11 is 0. The Morgan fingerprint density at radius 2 is 1.42 bits per heavy atom. The maximum absolute atomic E-state index is 15.8. The van der Waals surface area contributed by atoms with Gasteiger partial charge in [0, 0.05) is 30.6 Å². The second-order valence-corrected chi connectivity index (χ2v) is 15.0. The number of piperidine rings is 1. The van der Waals surface area contributed by atoms with E-state index < -0.39 is 35.0 Å². The number of esters is 1. The highest BCUT2D eigenvalue weighted by atomic mass is 19.1. The summed E-state index contributed by atoms with van der Waals surface area (Å²) in [6.45, 7) is 19.0. The summed E-state index contributed by atoms with van der Waals surface area (Å²) in [5.41, 5.74) is 1.18. The van der Waals surface area contributed by atoms with Gasteiger partial charge in [-0.2, -0.15) is 0 Å². The molecule has 2 aromatic carbocycles. The molecular weight excluding hydrogens is 575 g/mol. The van der Waals surface area contributed by atoms with Gasteiger partial charge in [0.05, 0.1) is 11.1 Å². The Balaban J connectivity index is 1.70. The van der Waals surface area contributed by atoms with Crippen LogP contribution in [0.4, 0.5) is 14.0 Å². The molecular formula is C36H47FN2O6. The minimum Gasteiger partial charge on any atom is -0.456 e. The van der Waals surface area contributed by atoms with Crippen LogP contribution in [-0.4, -0.2) is 57.5 Å². The molecule has 1 saturated heterocycles. The number of likely N-dealkylation sites (tertiary alicyclic amines) is 1. The first kappa shape index (κ1) is 34.0. The van der Waals surface area contributed by atoms with Gasteiger partial charge in [0.1, 0.15) is 22.6 Å². The lowest BCUT2D eigenvalue weighted by molar-refractivity contribution is 0.00684. The zero-order valence-corrected chi connectivity index (χ0v) is 28.2. The third-order valence-electron chi connectivity index (χ3n) is 7.65. The Morgan fingerprint density at radius 1 is 0.844 bits per heavy atom. The Hall–Kier alpha value is -3.88. The molecule has 2 atom stereocenters. The molecule has 0 saturated carbocycles.